The quantitative estimate of drug-likeness (QED) is 0.304. The molecule has 0 spiro atoms. The Morgan fingerprint density at radius 2 is 1.80 bits per heavy atom. The minimum absolute atomic E-state index is 0.00133. The van der Waals surface area contributed by atoms with Gasteiger partial charge in [-0.05, 0) is 20.8 Å². The molecule has 1 aliphatic rings. The molecular weight excluding hydrogens is 340 g/mol. The van der Waals surface area contributed by atoms with Crippen LogP contribution < -0.4 is 0 Å². The van der Waals surface area contributed by atoms with E-state index in [0.29, 0.717) is 0 Å². The summed E-state index contributed by atoms with van der Waals surface area (Å²) in [5.41, 5.74) is -0.715. The molecule has 0 aliphatic carbocycles. The van der Waals surface area contributed by atoms with E-state index in [2.05, 4.69) is 4.84 Å². The number of rotatable bonds is 8. The highest BCUT2D eigenvalue weighted by Crippen LogP contribution is 2.22. The van der Waals surface area contributed by atoms with Gasteiger partial charge >= 0.3 is 12.1 Å². The molecule has 0 bridgehead atoms. The number of amides is 1. The zero-order valence-electron chi connectivity index (χ0n) is 14.6. The van der Waals surface area contributed by atoms with Crippen LogP contribution in [-0.2, 0) is 23.8 Å². The Labute approximate surface area is 145 Å². The van der Waals surface area contributed by atoms with E-state index in [9.17, 15) is 14.7 Å². The number of carbonyl (C=O) groups excluding carboxylic acids is 2. The predicted octanol–water partition coefficient (Wildman–Crippen LogP) is -0.0715. The van der Waals surface area contributed by atoms with E-state index in [0.717, 1.165) is 4.90 Å². The molecule has 1 heterocycles. The van der Waals surface area contributed by atoms with Gasteiger partial charge in [0.2, 0.25) is 0 Å². The van der Waals surface area contributed by atoms with Crippen molar-refractivity contribution in [3.8, 4) is 0 Å². The molecule has 1 rings (SSSR count). The lowest BCUT2D eigenvalue weighted by Crippen LogP contribution is -2.44. The maximum absolute atomic E-state index is 12.1. The lowest BCUT2D eigenvalue weighted by Gasteiger charge is -2.27. The molecule has 11 nitrogen and oxygen atoms in total. The Kier molecular flexibility index (Phi) is 8.48. The molecule has 3 N–H and O–H groups in total. The molecule has 0 aromatic rings. The van der Waals surface area contributed by atoms with Crippen molar-refractivity contribution >= 4 is 12.1 Å². The van der Waals surface area contributed by atoms with E-state index in [1.165, 1.54) is 0 Å². The van der Waals surface area contributed by atoms with Crippen molar-refractivity contribution in [2.75, 3.05) is 33.0 Å². The molecule has 1 fully saturated rings. The van der Waals surface area contributed by atoms with Crippen LogP contribution in [0.15, 0.2) is 0 Å². The minimum Gasteiger partial charge on any atom is -0.462 e. The molecule has 1 saturated heterocycles. The van der Waals surface area contributed by atoms with Crippen molar-refractivity contribution in [2.24, 2.45) is 0 Å². The third-order valence-electron chi connectivity index (χ3n) is 3.09. The van der Waals surface area contributed by atoms with Gasteiger partial charge in [-0.2, -0.15) is 0 Å². The first kappa shape index (κ1) is 21.5. The molecule has 0 unspecified atom stereocenters. The van der Waals surface area contributed by atoms with Gasteiger partial charge in [0.1, 0.15) is 18.2 Å². The fourth-order valence-electron chi connectivity index (χ4n) is 2.14. The highest BCUT2D eigenvalue weighted by atomic mass is 17.1. The Balaban J connectivity index is 2.36. The molecule has 25 heavy (non-hydrogen) atoms. The smallest absolute Gasteiger partial charge is 0.411 e. The van der Waals surface area contributed by atoms with E-state index in [-0.39, 0.29) is 39.4 Å². The Hall–Kier alpha value is -1.50. The average Bonchev–Trinajstić information content (AvgIpc) is 2.86. The number of carbonyl (C=O) groups is 2. The van der Waals surface area contributed by atoms with Crippen LogP contribution in [0, 0.1) is 0 Å². The molecule has 11 heteroatoms. The van der Waals surface area contributed by atoms with Crippen molar-refractivity contribution in [3.05, 3.63) is 0 Å². The van der Waals surface area contributed by atoms with Gasteiger partial charge in [0.25, 0.3) is 0 Å². The van der Waals surface area contributed by atoms with Crippen LogP contribution in [0.3, 0.4) is 0 Å². The van der Waals surface area contributed by atoms with Crippen LogP contribution in [0.4, 0.5) is 4.79 Å². The van der Waals surface area contributed by atoms with Crippen LogP contribution in [0.2, 0.25) is 0 Å². The van der Waals surface area contributed by atoms with E-state index in [1.54, 1.807) is 20.8 Å². The first-order chi connectivity index (χ1) is 11.6. The van der Waals surface area contributed by atoms with Crippen molar-refractivity contribution in [3.63, 3.8) is 0 Å². The van der Waals surface area contributed by atoms with Crippen LogP contribution >= 0.6 is 0 Å². The largest absolute Gasteiger partial charge is 0.462 e. The summed E-state index contributed by atoms with van der Waals surface area (Å²) >= 11 is 0. The summed E-state index contributed by atoms with van der Waals surface area (Å²) in [6.07, 6.45) is -1.43. The maximum atomic E-state index is 12.1. The standard InChI is InChI=1S/C14H26N2O9/c1-14(2,3)25-13(19)15-9-10(17)8-11(15)12(18)23-6-4-22-5-7-24-16(20)21/h10-11,17,20-21H,4-9H2,1-3H3/t10-,11+/m1/s1. The summed E-state index contributed by atoms with van der Waals surface area (Å²) in [6.45, 7) is 5.09. The number of likely N-dealkylation sites (tertiary alicyclic amines) is 1. The summed E-state index contributed by atoms with van der Waals surface area (Å²) in [7, 11) is 0. The fraction of sp³-hybridized carbons (Fsp3) is 0.857. The fourth-order valence-corrected chi connectivity index (χ4v) is 2.14. The normalized spacial score (nSPS) is 20.8. The second kappa shape index (κ2) is 9.85. The second-order valence-corrected chi connectivity index (χ2v) is 6.40. The summed E-state index contributed by atoms with van der Waals surface area (Å²) in [5.74, 6) is -0.654. The molecular formula is C14H26N2O9. The highest BCUT2D eigenvalue weighted by Gasteiger charge is 2.41. The molecule has 0 aromatic carbocycles. The summed E-state index contributed by atoms with van der Waals surface area (Å²) < 4.78 is 15.3. The van der Waals surface area contributed by atoms with E-state index in [4.69, 9.17) is 24.6 Å². The van der Waals surface area contributed by atoms with Gasteiger partial charge < -0.3 is 19.3 Å². The van der Waals surface area contributed by atoms with Crippen LogP contribution in [0.1, 0.15) is 27.2 Å². The van der Waals surface area contributed by atoms with Gasteiger partial charge in [0.15, 0.2) is 0 Å². The number of ether oxygens (including phenoxy) is 3. The minimum atomic E-state index is -0.912. The van der Waals surface area contributed by atoms with Gasteiger partial charge in [0, 0.05) is 6.42 Å². The highest BCUT2D eigenvalue weighted by molar-refractivity contribution is 5.82. The number of β-amino-alcohol motifs (C(OH)–C–C–N with tert-alkyl or cyclic N) is 1. The maximum Gasteiger partial charge on any atom is 0.411 e. The lowest BCUT2D eigenvalue weighted by molar-refractivity contribution is -0.493. The molecule has 146 valence electrons. The van der Waals surface area contributed by atoms with Gasteiger partial charge in [-0.1, -0.05) is 0 Å². The molecule has 0 radical (unpaired) electrons. The summed E-state index contributed by atoms with van der Waals surface area (Å²) in [5, 5.41) is 25.9. The van der Waals surface area contributed by atoms with Gasteiger partial charge in [-0.15, -0.1) is 0 Å². The Bertz CT molecular complexity index is 439. The van der Waals surface area contributed by atoms with E-state index in [1.807, 2.05) is 0 Å². The van der Waals surface area contributed by atoms with Gasteiger partial charge in [-0.3, -0.25) is 15.3 Å². The third-order valence-corrected chi connectivity index (χ3v) is 3.09. The number of aliphatic hydroxyl groups excluding tert-OH is 1. The molecule has 2 atom stereocenters. The number of hydrogen-bond donors (Lipinski definition) is 3. The monoisotopic (exact) mass is 366 g/mol. The van der Waals surface area contributed by atoms with Crippen LogP contribution in [0.25, 0.3) is 0 Å². The van der Waals surface area contributed by atoms with Gasteiger partial charge in [-0.25, -0.2) is 14.4 Å². The van der Waals surface area contributed by atoms with Crippen LogP contribution in [0.5, 0.6) is 0 Å². The number of esters is 1. The summed E-state index contributed by atoms with van der Waals surface area (Å²) in [6, 6.07) is -0.912. The lowest BCUT2D eigenvalue weighted by atomic mass is 10.2. The molecule has 1 aliphatic heterocycles. The summed E-state index contributed by atoms with van der Waals surface area (Å²) in [4.78, 5) is 29.7. The third kappa shape index (κ3) is 8.43. The van der Waals surface area contributed by atoms with E-state index >= 15 is 0 Å². The molecule has 0 saturated carbocycles. The van der Waals surface area contributed by atoms with Crippen molar-refractivity contribution in [1.82, 2.24) is 10.3 Å². The zero-order valence-corrected chi connectivity index (χ0v) is 14.6. The second-order valence-electron chi connectivity index (χ2n) is 6.40. The van der Waals surface area contributed by atoms with Crippen LogP contribution in [-0.4, -0.2) is 88.6 Å². The van der Waals surface area contributed by atoms with E-state index < -0.39 is 35.2 Å². The predicted molar refractivity (Wildman–Crippen MR) is 80.5 cm³/mol. The zero-order chi connectivity index (χ0) is 19.0. The number of hydrogen-bond acceptors (Lipinski definition) is 10. The van der Waals surface area contributed by atoms with Crippen molar-refractivity contribution < 1.29 is 44.2 Å². The Morgan fingerprint density at radius 3 is 2.40 bits per heavy atom. The first-order valence-corrected chi connectivity index (χ1v) is 7.83. The Morgan fingerprint density at radius 1 is 1.16 bits per heavy atom. The SMILES string of the molecule is CC(C)(C)OC(=O)N1C[C@H](O)C[C@H]1C(=O)OCCOCCON(O)O. The van der Waals surface area contributed by atoms with Crippen molar-refractivity contribution in [2.45, 2.75) is 44.9 Å². The molecule has 1 amide bonds. The van der Waals surface area contributed by atoms with Crippen molar-refractivity contribution in [1.29, 1.82) is 0 Å². The topological polar surface area (TPSA) is 138 Å². The molecule has 0 aromatic heterocycles. The first-order valence-electron chi connectivity index (χ1n) is 7.83. The number of nitrogens with zero attached hydrogens (tertiary/aromatic N) is 2. The number of aliphatic hydroxyl groups is 1. The average molecular weight is 366 g/mol. The van der Waals surface area contributed by atoms with Gasteiger partial charge in [0.05, 0.1) is 37.9 Å².